The Balaban J connectivity index is 4.45. The maximum absolute atomic E-state index is 11.2. The van der Waals surface area contributed by atoms with E-state index in [1.165, 1.54) is 6.08 Å². The van der Waals surface area contributed by atoms with Crippen LogP contribution in [0.2, 0.25) is 6.04 Å². The summed E-state index contributed by atoms with van der Waals surface area (Å²) in [4.78, 5) is 11.2. The molecule has 0 aromatic carbocycles. The van der Waals surface area contributed by atoms with Gasteiger partial charge in [-0.2, -0.15) is 0 Å². The lowest BCUT2D eigenvalue weighted by Crippen LogP contribution is -2.50. The van der Waals surface area contributed by atoms with Crippen LogP contribution in [0.25, 0.3) is 0 Å². The third kappa shape index (κ3) is 11.8. The summed E-state index contributed by atoms with van der Waals surface area (Å²) in [7, 11) is -2.70. The highest BCUT2D eigenvalue weighted by atomic mass is 28.4. The van der Waals surface area contributed by atoms with Crippen LogP contribution >= 0.6 is 0 Å². The molecular formula is C18H36O5Si. The van der Waals surface area contributed by atoms with Gasteiger partial charge in [-0.1, -0.05) is 12.5 Å². The van der Waals surface area contributed by atoms with Crippen LogP contribution in [0, 0.1) is 0 Å². The number of hydrogen-bond donors (Lipinski definition) is 0. The van der Waals surface area contributed by atoms with Gasteiger partial charge in [-0.3, -0.25) is 0 Å². The third-order valence-electron chi connectivity index (χ3n) is 2.92. The Morgan fingerprint density at radius 2 is 1.38 bits per heavy atom. The van der Waals surface area contributed by atoms with Crippen molar-refractivity contribution < 1.29 is 22.8 Å². The van der Waals surface area contributed by atoms with Crippen LogP contribution in [0.3, 0.4) is 0 Å². The number of carbonyl (C=O) groups excluding carboxylic acids is 1. The predicted octanol–water partition coefficient (Wildman–Crippen LogP) is 4.49. The molecule has 0 saturated heterocycles. The minimum absolute atomic E-state index is 0.0657. The van der Waals surface area contributed by atoms with Gasteiger partial charge in [0.2, 0.25) is 0 Å². The molecule has 0 spiro atoms. The maximum atomic E-state index is 11.2. The Morgan fingerprint density at radius 3 is 1.79 bits per heavy atom. The van der Waals surface area contributed by atoms with Gasteiger partial charge >= 0.3 is 14.8 Å². The largest absolute Gasteiger partial charge is 0.501 e. The number of hydrogen-bond acceptors (Lipinski definition) is 5. The van der Waals surface area contributed by atoms with Crippen LogP contribution in [0.1, 0.15) is 67.7 Å². The van der Waals surface area contributed by atoms with Crippen molar-refractivity contribution >= 4 is 14.8 Å². The third-order valence-corrected chi connectivity index (χ3v) is 6.38. The quantitative estimate of drug-likeness (QED) is 0.210. The SMILES string of the molecule is CC=CC(=O)OCCCCC[Si](OC(C)C)(OC(C)C)OC(C)C. The molecule has 6 heteroatoms. The molecule has 5 nitrogen and oxygen atoms in total. The average Bonchev–Trinajstić information content (AvgIpc) is 2.40. The highest BCUT2D eigenvalue weighted by molar-refractivity contribution is 6.60. The Bertz CT molecular complexity index is 340. The Kier molecular flexibility index (Phi) is 12.3. The Morgan fingerprint density at radius 1 is 0.875 bits per heavy atom. The van der Waals surface area contributed by atoms with Crippen LogP contribution < -0.4 is 0 Å². The number of carbonyl (C=O) groups is 1. The first-order valence-electron chi connectivity index (χ1n) is 9.03. The molecule has 24 heavy (non-hydrogen) atoms. The zero-order chi connectivity index (χ0) is 18.6. The molecule has 0 fully saturated rings. The van der Waals surface area contributed by atoms with Crippen molar-refractivity contribution in [1.29, 1.82) is 0 Å². The van der Waals surface area contributed by atoms with E-state index in [0.29, 0.717) is 6.61 Å². The van der Waals surface area contributed by atoms with Gasteiger partial charge in [-0.15, -0.1) is 0 Å². The first-order valence-corrected chi connectivity index (χ1v) is 11.0. The molecule has 0 radical (unpaired) electrons. The zero-order valence-electron chi connectivity index (χ0n) is 16.5. The van der Waals surface area contributed by atoms with Gasteiger partial charge in [0.25, 0.3) is 0 Å². The fraction of sp³-hybridized carbons (Fsp3) is 0.833. The molecule has 0 rings (SSSR count). The highest BCUT2D eigenvalue weighted by Gasteiger charge is 2.43. The Hall–Kier alpha value is -0.693. The highest BCUT2D eigenvalue weighted by Crippen LogP contribution is 2.24. The summed E-state index contributed by atoms with van der Waals surface area (Å²) in [5, 5.41) is 0. The predicted molar refractivity (Wildman–Crippen MR) is 98.8 cm³/mol. The van der Waals surface area contributed by atoms with Crippen molar-refractivity contribution in [2.24, 2.45) is 0 Å². The molecule has 142 valence electrons. The molecule has 0 N–H and O–H groups in total. The lowest BCUT2D eigenvalue weighted by molar-refractivity contribution is -0.137. The van der Waals surface area contributed by atoms with Crippen molar-refractivity contribution in [3.05, 3.63) is 12.2 Å². The van der Waals surface area contributed by atoms with Crippen molar-refractivity contribution in [3.8, 4) is 0 Å². The van der Waals surface area contributed by atoms with E-state index in [4.69, 9.17) is 18.0 Å². The summed E-state index contributed by atoms with van der Waals surface area (Å²) >= 11 is 0. The smallest absolute Gasteiger partial charge is 0.463 e. The van der Waals surface area contributed by atoms with Crippen LogP contribution in [0.15, 0.2) is 12.2 Å². The first-order chi connectivity index (χ1) is 11.2. The van der Waals surface area contributed by atoms with Gasteiger partial charge in [0.05, 0.1) is 6.61 Å². The number of esters is 1. The van der Waals surface area contributed by atoms with Crippen molar-refractivity contribution in [2.75, 3.05) is 6.61 Å². The lowest BCUT2D eigenvalue weighted by atomic mass is 10.3. The summed E-state index contributed by atoms with van der Waals surface area (Å²) < 4.78 is 23.5. The molecule has 0 amide bonds. The zero-order valence-corrected chi connectivity index (χ0v) is 17.5. The average molecular weight is 361 g/mol. The molecule has 0 aromatic rings. The number of unbranched alkanes of at least 4 members (excludes halogenated alkanes) is 2. The summed E-state index contributed by atoms with van der Waals surface area (Å²) in [6, 6.07) is 0.782. The van der Waals surface area contributed by atoms with Gasteiger partial charge < -0.3 is 18.0 Å². The summed E-state index contributed by atoms with van der Waals surface area (Å²) in [6.07, 6.45) is 6.02. The van der Waals surface area contributed by atoms with Crippen molar-refractivity contribution in [3.63, 3.8) is 0 Å². The van der Waals surface area contributed by atoms with Crippen molar-refractivity contribution in [2.45, 2.75) is 92.1 Å². The van der Waals surface area contributed by atoms with Gasteiger partial charge in [-0.25, -0.2) is 4.79 Å². The summed E-state index contributed by atoms with van der Waals surface area (Å²) in [6.45, 7) is 14.3. The van der Waals surface area contributed by atoms with Crippen molar-refractivity contribution in [1.82, 2.24) is 0 Å². The van der Waals surface area contributed by atoms with E-state index in [9.17, 15) is 4.79 Å². The fourth-order valence-electron chi connectivity index (χ4n) is 2.31. The van der Waals surface area contributed by atoms with E-state index < -0.39 is 8.80 Å². The lowest BCUT2D eigenvalue weighted by Gasteiger charge is -2.34. The van der Waals surface area contributed by atoms with Crippen LogP contribution in [-0.2, 0) is 22.8 Å². The molecule has 0 atom stereocenters. The fourth-order valence-corrected chi connectivity index (χ4v) is 5.67. The van der Waals surface area contributed by atoms with Gasteiger partial charge in [-0.05, 0) is 61.3 Å². The Labute approximate surface area is 149 Å². The van der Waals surface area contributed by atoms with E-state index in [1.54, 1.807) is 13.0 Å². The van der Waals surface area contributed by atoms with Crippen LogP contribution in [-0.4, -0.2) is 39.7 Å². The number of ether oxygens (including phenoxy) is 1. The molecule has 0 bridgehead atoms. The first kappa shape index (κ1) is 23.3. The summed E-state index contributed by atoms with van der Waals surface area (Å²) in [5.74, 6) is -0.282. The maximum Gasteiger partial charge on any atom is 0.501 e. The van der Waals surface area contributed by atoms with Gasteiger partial charge in [0.15, 0.2) is 0 Å². The molecule has 0 aliphatic carbocycles. The minimum Gasteiger partial charge on any atom is -0.463 e. The van der Waals surface area contributed by atoms with E-state index >= 15 is 0 Å². The van der Waals surface area contributed by atoms with Crippen LogP contribution in [0.5, 0.6) is 0 Å². The van der Waals surface area contributed by atoms with E-state index in [-0.39, 0.29) is 24.3 Å². The second-order valence-corrected chi connectivity index (χ2v) is 9.23. The molecular weight excluding hydrogens is 324 g/mol. The molecule has 0 saturated carbocycles. The van der Waals surface area contributed by atoms with Gasteiger partial charge in [0.1, 0.15) is 0 Å². The normalized spacial score (nSPS) is 12.8. The molecule has 0 unspecified atom stereocenters. The standard InChI is InChI=1S/C18H36O5Si/c1-8-12-18(19)20-13-10-9-11-14-24(21-15(2)3,22-16(4)5)23-17(6)7/h8,12,15-17H,9-11,13-14H2,1-7H3. The van der Waals surface area contributed by atoms with E-state index in [1.807, 2.05) is 41.5 Å². The van der Waals surface area contributed by atoms with E-state index in [2.05, 4.69) is 0 Å². The monoisotopic (exact) mass is 360 g/mol. The number of rotatable bonds is 13. The van der Waals surface area contributed by atoms with Gasteiger partial charge in [0, 0.05) is 30.4 Å². The molecule has 0 heterocycles. The molecule has 0 aliphatic rings. The summed E-state index contributed by atoms with van der Waals surface area (Å²) in [5.41, 5.74) is 0. The van der Waals surface area contributed by atoms with E-state index in [0.717, 1.165) is 25.3 Å². The second-order valence-electron chi connectivity index (χ2n) is 6.66. The van der Waals surface area contributed by atoms with Crippen LogP contribution in [0.4, 0.5) is 0 Å². The molecule has 0 aromatic heterocycles. The topological polar surface area (TPSA) is 54.0 Å². The number of allylic oxidation sites excluding steroid dienone is 1. The second kappa shape index (κ2) is 12.6. The minimum atomic E-state index is -2.70. The molecule has 0 aliphatic heterocycles.